The van der Waals surface area contributed by atoms with E-state index in [9.17, 15) is 9.59 Å². The van der Waals surface area contributed by atoms with Gasteiger partial charge in [-0.15, -0.1) is 0 Å². The van der Waals surface area contributed by atoms with Crippen LogP contribution >= 0.6 is 0 Å². The maximum atomic E-state index is 10.3. The zero-order valence-electron chi connectivity index (χ0n) is 7.23. The minimum atomic E-state index is -0.938. The molecular formula is C7H14N2O4. The third-order valence-electron chi connectivity index (χ3n) is 1.29. The molecular weight excluding hydrogens is 176 g/mol. The summed E-state index contributed by atoms with van der Waals surface area (Å²) in [6.07, 6.45) is 0.755. The Morgan fingerprint density at radius 1 is 1.69 bits per heavy atom. The molecule has 0 saturated heterocycles. The summed E-state index contributed by atoms with van der Waals surface area (Å²) in [7, 11) is 0. The van der Waals surface area contributed by atoms with Crippen molar-refractivity contribution in [2.24, 2.45) is 5.73 Å². The summed E-state index contributed by atoms with van der Waals surface area (Å²) in [6.45, 7) is 0.634. The van der Waals surface area contributed by atoms with Crippen LogP contribution < -0.4 is 11.2 Å². The highest BCUT2D eigenvalue weighted by Gasteiger charge is 2.08. The first-order valence-corrected chi connectivity index (χ1v) is 3.95. The summed E-state index contributed by atoms with van der Waals surface area (Å²) in [5.41, 5.74) is 7.55. The fourth-order valence-electron chi connectivity index (χ4n) is 0.659. The number of nitrogens with one attached hydrogen (secondary N) is 1. The Balaban J connectivity index is 3.51. The van der Waals surface area contributed by atoms with E-state index in [-0.39, 0.29) is 19.4 Å². The van der Waals surface area contributed by atoms with Gasteiger partial charge in [0.25, 0.3) is 0 Å². The molecule has 6 heteroatoms. The van der Waals surface area contributed by atoms with Crippen LogP contribution in [0.5, 0.6) is 0 Å². The molecule has 0 fully saturated rings. The van der Waals surface area contributed by atoms with Crippen molar-refractivity contribution >= 4 is 12.3 Å². The molecule has 0 aromatic carbocycles. The molecule has 0 heterocycles. The number of carbonyl (C=O) groups is 2. The van der Waals surface area contributed by atoms with Crippen molar-refractivity contribution in [1.82, 2.24) is 5.48 Å². The van der Waals surface area contributed by atoms with Crippen molar-refractivity contribution < 1.29 is 19.5 Å². The number of carbonyl (C=O) groups excluding carboxylic acids is 1. The van der Waals surface area contributed by atoms with Crippen molar-refractivity contribution in [1.29, 1.82) is 0 Å². The first kappa shape index (κ1) is 12.0. The molecule has 0 unspecified atom stereocenters. The topological polar surface area (TPSA) is 102 Å². The Kier molecular flexibility index (Phi) is 7.08. The van der Waals surface area contributed by atoms with Crippen LogP contribution in [0.3, 0.4) is 0 Å². The molecule has 0 bridgehead atoms. The van der Waals surface area contributed by atoms with E-state index < -0.39 is 12.0 Å². The number of hydrogen-bond donors (Lipinski definition) is 3. The fraction of sp³-hybridized carbons (Fsp3) is 0.714. The van der Waals surface area contributed by atoms with Gasteiger partial charge >= 0.3 is 5.97 Å². The molecule has 0 aromatic heterocycles. The third-order valence-corrected chi connectivity index (χ3v) is 1.29. The van der Waals surface area contributed by atoms with E-state index in [0.717, 1.165) is 0 Å². The highest BCUT2D eigenvalue weighted by molar-refractivity contribution is 5.68. The van der Waals surface area contributed by atoms with Crippen molar-refractivity contribution in [3.63, 3.8) is 0 Å². The minimum Gasteiger partial charge on any atom is -0.481 e. The predicted octanol–water partition coefficient (Wildman–Crippen LogP) is -1.10. The maximum absolute atomic E-state index is 10.3. The smallest absolute Gasteiger partial charge is 0.303 e. The lowest BCUT2D eigenvalue weighted by atomic mass is 10.2. The highest BCUT2D eigenvalue weighted by Crippen LogP contribution is 1.94. The standard InChI is InChI=1S/C7H14N2O4/c8-3-4-13-9-6(5-10)1-2-7(11)12/h5-6,9H,1-4,8H2,(H,11,12)/t6-/m1/s1. The van der Waals surface area contributed by atoms with E-state index in [2.05, 4.69) is 5.48 Å². The van der Waals surface area contributed by atoms with E-state index in [0.29, 0.717) is 12.8 Å². The Labute approximate surface area is 76.0 Å². The van der Waals surface area contributed by atoms with E-state index in [1.165, 1.54) is 0 Å². The molecule has 0 radical (unpaired) electrons. The lowest BCUT2D eigenvalue weighted by Crippen LogP contribution is -2.32. The van der Waals surface area contributed by atoms with Gasteiger partial charge in [0.05, 0.1) is 12.6 Å². The second-order valence-electron chi connectivity index (χ2n) is 2.43. The number of carboxylic acids is 1. The van der Waals surface area contributed by atoms with Gasteiger partial charge in [0.2, 0.25) is 0 Å². The molecule has 0 aliphatic rings. The Hall–Kier alpha value is -0.980. The normalized spacial score (nSPS) is 12.4. The van der Waals surface area contributed by atoms with Crippen molar-refractivity contribution in [2.45, 2.75) is 18.9 Å². The van der Waals surface area contributed by atoms with Crippen molar-refractivity contribution in [2.75, 3.05) is 13.2 Å². The van der Waals surface area contributed by atoms with Gasteiger partial charge in [-0.2, -0.15) is 5.48 Å². The average Bonchev–Trinajstić information content (AvgIpc) is 2.10. The van der Waals surface area contributed by atoms with Crippen LogP contribution in [0.2, 0.25) is 0 Å². The zero-order chi connectivity index (χ0) is 10.1. The summed E-state index contributed by atoms with van der Waals surface area (Å²) in [6, 6.07) is -0.581. The molecule has 0 aromatic rings. The van der Waals surface area contributed by atoms with Crippen LogP contribution in [-0.2, 0) is 14.4 Å². The van der Waals surface area contributed by atoms with Gasteiger partial charge in [0.1, 0.15) is 6.29 Å². The van der Waals surface area contributed by atoms with Gasteiger partial charge in [-0.1, -0.05) is 0 Å². The van der Waals surface area contributed by atoms with Crippen LogP contribution in [0.15, 0.2) is 0 Å². The minimum absolute atomic E-state index is 0.0671. The van der Waals surface area contributed by atoms with Gasteiger partial charge < -0.3 is 15.6 Å². The Morgan fingerprint density at radius 3 is 2.85 bits per heavy atom. The summed E-state index contributed by atoms with van der Waals surface area (Å²) < 4.78 is 0. The number of carboxylic acid groups (broad SMARTS) is 1. The first-order valence-electron chi connectivity index (χ1n) is 3.95. The van der Waals surface area contributed by atoms with Crippen molar-refractivity contribution in [3.05, 3.63) is 0 Å². The van der Waals surface area contributed by atoms with Crippen LogP contribution in [0.4, 0.5) is 0 Å². The zero-order valence-corrected chi connectivity index (χ0v) is 7.23. The molecule has 0 aliphatic heterocycles. The van der Waals surface area contributed by atoms with E-state index >= 15 is 0 Å². The first-order chi connectivity index (χ1) is 6.20. The molecule has 0 aliphatic carbocycles. The molecule has 76 valence electrons. The molecule has 1 atom stereocenters. The summed E-state index contributed by atoms with van der Waals surface area (Å²) in [5, 5.41) is 8.32. The number of aldehydes is 1. The lowest BCUT2D eigenvalue weighted by molar-refractivity contribution is -0.137. The van der Waals surface area contributed by atoms with Crippen LogP contribution in [-0.4, -0.2) is 36.6 Å². The highest BCUT2D eigenvalue weighted by atomic mass is 16.6. The summed E-state index contributed by atoms with van der Waals surface area (Å²) >= 11 is 0. The number of rotatable bonds is 8. The predicted molar refractivity (Wildman–Crippen MR) is 44.9 cm³/mol. The van der Waals surface area contributed by atoms with Crippen LogP contribution in [0.25, 0.3) is 0 Å². The largest absolute Gasteiger partial charge is 0.481 e. The second-order valence-corrected chi connectivity index (χ2v) is 2.43. The van der Waals surface area contributed by atoms with Crippen LogP contribution in [0.1, 0.15) is 12.8 Å². The van der Waals surface area contributed by atoms with Gasteiger partial charge in [-0.25, -0.2) is 0 Å². The maximum Gasteiger partial charge on any atom is 0.303 e. The van der Waals surface area contributed by atoms with Crippen molar-refractivity contribution in [3.8, 4) is 0 Å². The quantitative estimate of drug-likeness (QED) is 0.255. The fourth-order valence-corrected chi connectivity index (χ4v) is 0.659. The van der Waals surface area contributed by atoms with E-state index in [1.807, 2.05) is 0 Å². The molecule has 13 heavy (non-hydrogen) atoms. The average molecular weight is 190 g/mol. The summed E-state index contributed by atoms with van der Waals surface area (Å²) in [5.74, 6) is -0.938. The van der Waals surface area contributed by atoms with Gasteiger partial charge in [0.15, 0.2) is 0 Å². The van der Waals surface area contributed by atoms with Crippen LogP contribution in [0, 0.1) is 0 Å². The van der Waals surface area contributed by atoms with E-state index in [1.54, 1.807) is 0 Å². The number of aliphatic carboxylic acids is 1. The second kappa shape index (κ2) is 7.66. The van der Waals surface area contributed by atoms with Gasteiger partial charge in [-0.3, -0.25) is 9.63 Å². The third kappa shape index (κ3) is 7.38. The molecule has 0 spiro atoms. The van der Waals surface area contributed by atoms with Gasteiger partial charge in [-0.05, 0) is 6.42 Å². The van der Waals surface area contributed by atoms with E-state index in [4.69, 9.17) is 15.7 Å². The molecule has 6 nitrogen and oxygen atoms in total. The number of hydroxylamine groups is 1. The molecule has 0 amide bonds. The number of hydrogen-bond acceptors (Lipinski definition) is 5. The van der Waals surface area contributed by atoms with Gasteiger partial charge in [0, 0.05) is 13.0 Å². The monoisotopic (exact) mass is 190 g/mol. The lowest BCUT2D eigenvalue weighted by Gasteiger charge is -2.10. The summed E-state index contributed by atoms with van der Waals surface area (Å²) in [4.78, 5) is 25.3. The SMILES string of the molecule is NCCON[C@@H](C=O)CCC(=O)O. The number of nitrogens with two attached hydrogens (primary N) is 1. The molecule has 0 saturated carbocycles. The Bertz CT molecular complexity index is 163. The molecule has 4 N–H and O–H groups in total. The Morgan fingerprint density at radius 2 is 2.38 bits per heavy atom. The molecule has 0 rings (SSSR count).